The zero-order valence-corrected chi connectivity index (χ0v) is 12.7. The van der Waals surface area contributed by atoms with Crippen LogP contribution in [-0.2, 0) is 13.0 Å². The van der Waals surface area contributed by atoms with Crippen molar-refractivity contribution in [2.45, 2.75) is 38.1 Å². The molecule has 0 unspecified atom stereocenters. The predicted octanol–water partition coefficient (Wildman–Crippen LogP) is 2.31. The van der Waals surface area contributed by atoms with Gasteiger partial charge in [0.1, 0.15) is 11.6 Å². The van der Waals surface area contributed by atoms with E-state index in [0.29, 0.717) is 5.92 Å². The Morgan fingerprint density at radius 2 is 2.10 bits per heavy atom. The Hall–Kier alpha value is -1.69. The fraction of sp³-hybridized carbons (Fsp3) is 0.533. The van der Waals surface area contributed by atoms with Gasteiger partial charge in [0.2, 0.25) is 0 Å². The second kappa shape index (κ2) is 5.26. The van der Waals surface area contributed by atoms with Crippen molar-refractivity contribution >= 4 is 17.2 Å². The predicted molar refractivity (Wildman–Crippen MR) is 80.5 cm³/mol. The van der Waals surface area contributed by atoms with E-state index >= 15 is 0 Å². The maximum atomic E-state index is 12.3. The summed E-state index contributed by atoms with van der Waals surface area (Å²) >= 11 is 1.57. The van der Waals surface area contributed by atoms with Crippen LogP contribution in [-0.4, -0.2) is 38.7 Å². The molecule has 5 nitrogen and oxygen atoms in total. The SMILES string of the molecule is O=C(c1ccsc1)N1CCC(c2nnc3n2CCC3)CC1. The maximum absolute atomic E-state index is 12.3. The number of hydrogen-bond acceptors (Lipinski definition) is 4. The van der Waals surface area contributed by atoms with Gasteiger partial charge in [0.05, 0.1) is 5.56 Å². The molecule has 1 saturated heterocycles. The maximum Gasteiger partial charge on any atom is 0.254 e. The highest BCUT2D eigenvalue weighted by Gasteiger charge is 2.29. The average molecular weight is 302 g/mol. The number of aromatic nitrogens is 3. The molecule has 2 aromatic rings. The highest BCUT2D eigenvalue weighted by molar-refractivity contribution is 7.08. The van der Waals surface area contributed by atoms with E-state index in [-0.39, 0.29) is 5.91 Å². The lowest BCUT2D eigenvalue weighted by atomic mass is 9.95. The van der Waals surface area contributed by atoms with Crippen molar-refractivity contribution in [2.75, 3.05) is 13.1 Å². The number of hydrogen-bond donors (Lipinski definition) is 0. The summed E-state index contributed by atoms with van der Waals surface area (Å²) in [5.41, 5.74) is 0.821. The number of amides is 1. The molecule has 0 N–H and O–H groups in total. The van der Waals surface area contributed by atoms with Gasteiger partial charge < -0.3 is 9.47 Å². The van der Waals surface area contributed by atoms with Gasteiger partial charge in [0.25, 0.3) is 5.91 Å². The highest BCUT2D eigenvalue weighted by Crippen LogP contribution is 2.30. The van der Waals surface area contributed by atoms with Crippen LogP contribution < -0.4 is 0 Å². The largest absolute Gasteiger partial charge is 0.339 e. The molecule has 0 radical (unpaired) electrons. The highest BCUT2D eigenvalue weighted by atomic mass is 32.1. The molecule has 0 saturated carbocycles. The molecule has 4 heterocycles. The average Bonchev–Trinajstić information content (AvgIpc) is 3.24. The van der Waals surface area contributed by atoms with Crippen molar-refractivity contribution in [1.82, 2.24) is 19.7 Å². The molecule has 1 amide bonds. The molecule has 0 bridgehead atoms. The van der Waals surface area contributed by atoms with Crippen LogP contribution in [0.2, 0.25) is 0 Å². The standard InChI is InChI=1S/C15H18N4OS/c20-15(12-5-9-21-10-12)18-7-3-11(4-8-18)14-17-16-13-2-1-6-19(13)14/h5,9-11H,1-4,6-8H2. The molecule has 0 spiro atoms. The minimum Gasteiger partial charge on any atom is -0.339 e. The van der Waals surface area contributed by atoms with E-state index in [1.54, 1.807) is 11.3 Å². The Labute approximate surface area is 127 Å². The van der Waals surface area contributed by atoms with Gasteiger partial charge in [-0.15, -0.1) is 10.2 Å². The Kier molecular flexibility index (Phi) is 3.25. The molecule has 0 aromatic carbocycles. The second-order valence-electron chi connectivity index (χ2n) is 5.81. The van der Waals surface area contributed by atoms with E-state index in [0.717, 1.165) is 56.1 Å². The molecule has 2 aromatic heterocycles. The number of carbonyl (C=O) groups excluding carboxylic acids is 1. The monoisotopic (exact) mass is 302 g/mol. The number of carbonyl (C=O) groups is 1. The number of rotatable bonds is 2. The Morgan fingerprint density at radius 3 is 2.86 bits per heavy atom. The molecular formula is C15H18N4OS. The molecule has 21 heavy (non-hydrogen) atoms. The van der Waals surface area contributed by atoms with Crippen LogP contribution in [0, 0.1) is 0 Å². The van der Waals surface area contributed by atoms with Gasteiger partial charge in [-0.2, -0.15) is 11.3 Å². The molecule has 4 rings (SSSR count). The Morgan fingerprint density at radius 1 is 1.24 bits per heavy atom. The van der Waals surface area contributed by atoms with E-state index in [9.17, 15) is 4.79 Å². The fourth-order valence-corrected chi connectivity index (χ4v) is 4.01. The van der Waals surface area contributed by atoms with Gasteiger partial charge in [-0.1, -0.05) is 0 Å². The van der Waals surface area contributed by atoms with E-state index in [2.05, 4.69) is 14.8 Å². The van der Waals surface area contributed by atoms with E-state index in [4.69, 9.17) is 0 Å². The van der Waals surface area contributed by atoms with E-state index < -0.39 is 0 Å². The lowest BCUT2D eigenvalue weighted by Gasteiger charge is -2.31. The van der Waals surface area contributed by atoms with Crippen LogP contribution >= 0.6 is 11.3 Å². The van der Waals surface area contributed by atoms with Crippen LogP contribution in [0.1, 0.15) is 47.2 Å². The van der Waals surface area contributed by atoms with E-state index in [1.807, 2.05) is 21.7 Å². The third kappa shape index (κ3) is 2.27. The van der Waals surface area contributed by atoms with E-state index in [1.165, 1.54) is 6.42 Å². The van der Waals surface area contributed by atoms with Crippen LogP contribution in [0.3, 0.4) is 0 Å². The molecule has 0 atom stereocenters. The third-order valence-electron chi connectivity index (χ3n) is 4.55. The topological polar surface area (TPSA) is 51.0 Å². The van der Waals surface area contributed by atoms with Crippen molar-refractivity contribution in [3.05, 3.63) is 34.0 Å². The number of thiophene rings is 1. The van der Waals surface area contributed by atoms with Gasteiger partial charge in [0.15, 0.2) is 0 Å². The molecule has 6 heteroatoms. The summed E-state index contributed by atoms with van der Waals surface area (Å²) in [6, 6.07) is 1.91. The van der Waals surface area contributed by atoms with Crippen molar-refractivity contribution in [1.29, 1.82) is 0 Å². The molecule has 1 fully saturated rings. The first-order valence-corrected chi connectivity index (χ1v) is 8.50. The molecule has 2 aliphatic rings. The van der Waals surface area contributed by atoms with Crippen molar-refractivity contribution in [3.8, 4) is 0 Å². The smallest absolute Gasteiger partial charge is 0.254 e. The summed E-state index contributed by atoms with van der Waals surface area (Å²) in [7, 11) is 0. The number of nitrogens with zero attached hydrogens (tertiary/aromatic N) is 4. The van der Waals surface area contributed by atoms with Crippen LogP contribution in [0.5, 0.6) is 0 Å². The summed E-state index contributed by atoms with van der Waals surface area (Å²) in [6.07, 6.45) is 4.23. The first-order chi connectivity index (χ1) is 10.3. The minimum atomic E-state index is 0.168. The van der Waals surface area contributed by atoms with Crippen LogP contribution in [0.4, 0.5) is 0 Å². The van der Waals surface area contributed by atoms with Crippen molar-refractivity contribution in [2.24, 2.45) is 0 Å². The summed E-state index contributed by atoms with van der Waals surface area (Å²) in [4.78, 5) is 14.3. The number of likely N-dealkylation sites (tertiary alicyclic amines) is 1. The summed E-state index contributed by atoms with van der Waals surface area (Å²) in [6.45, 7) is 2.70. The first kappa shape index (κ1) is 13.0. The van der Waals surface area contributed by atoms with Crippen molar-refractivity contribution in [3.63, 3.8) is 0 Å². The second-order valence-corrected chi connectivity index (χ2v) is 6.59. The zero-order valence-electron chi connectivity index (χ0n) is 11.9. The van der Waals surface area contributed by atoms with Gasteiger partial charge in [-0.05, 0) is 30.7 Å². The summed E-state index contributed by atoms with van der Waals surface area (Å²) in [5, 5.41) is 12.6. The molecule has 0 aliphatic carbocycles. The minimum absolute atomic E-state index is 0.168. The number of fused-ring (bicyclic) bond motifs is 1. The number of aryl methyl sites for hydroxylation is 1. The van der Waals surface area contributed by atoms with Gasteiger partial charge in [-0.3, -0.25) is 4.79 Å². The zero-order chi connectivity index (χ0) is 14.2. The molecule has 2 aliphatic heterocycles. The first-order valence-electron chi connectivity index (χ1n) is 7.56. The quantitative estimate of drug-likeness (QED) is 0.855. The number of piperidine rings is 1. The fourth-order valence-electron chi connectivity index (χ4n) is 3.38. The van der Waals surface area contributed by atoms with Gasteiger partial charge >= 0.3 is 0 Å². The third-order valence-corrected chi connectivity index (χ3v) is 5.24. The summed E-state index contributed by atoms with van der Waals surface area (Å²) < 4.78 is 2.29. The lowest BCUT2D eigenvalue weighted by Crippen LogP contribution is -2.38. The Bertz CT molecular complexity index is 641. The lowest BCUT2D eigenvalue weighted by molar-refractivity contribution is 0.0711. The molecular weight excluding hydrogens is 284 g/mol. The van der Waals surface area contributed by atoms with Crippen LogP contribution in [0.25, 0.3) is 0 Å². The Balaban J connectivity index is 1.44. The van der Waals surface area contributed by atoms with Gasteiger partial charge in [-0.25, -0.2) is 0 Å². The summed E-state index contributed by atoms with van der Waals surface area (Å²) in [5.74, 6) is 2.91. The van der Waals surface area contributed by atoms with Gasteiger partial charge in [0, 0.05) is 37.4 Å². The van der Waals surface area contributed by atoms with Crippen LogP contribution in [0.15, 0.2) is 16.8 Å². The normalized spacial score (nSPS) is 19.0. The van der Waals surface area contributed by atoms with Crippen molar-refractivity contribution < 1.29 is 4.79 Å². The molecule has 110 valence electrons.